The minimum absolute atomic E-state index is 0.0244. The molecule has 0 heterocycles. The smallest absolute Gasteiger partial charge is 0.405 e. The van der Waals surface area contributed by atoms with Crippen molar-refractivity contribution in [1.29, 1.82) is 0 Å². The van der Waals surface area contributed by atoms with Crippen molar-refractivity contribution in [2.45, 2.75) is 12.6 Å². The van der Waals surface area contributed by atoms with Crippen LogP contribution < -0.4 is 14.8 Å². The molecule has 6 nitrogen and oxygen atoms in total. The third-order valence-electron chi connectivity index (χ3n) is 3.10. The second-order valence-corrected chi connectivity index (χ2v) is 5.01. The van der Waals surface area contributed by atoms with E-state index in [0.29, 0.717) is 17.1 Å². The van der Waals surface area contributed by atoms with Gasteiger partial charge in [-0.3, -0.25) is 9.59 Å². The lowest BCUT2D eigenvalue weighted by molar-refractivity contribution is -0.141. The molecule has 1 N–H and O–H groups in total. The number of nitrogens with zero attached hydrogens (tertiary/aromatic N) is 1. The van der Waals surface area contributed by atoms with Crippen LogP contribution in [-0.4, -0.2) is 57.2 Å². The standard InChI is InChI=1S/C15H19F3N2O4/c1-20(8-13(21)19-9-15(16,17)18)14(22)7-10-4-5-11(23-2)12(6-10)24-3/h4-6H,7-9H2,1-3H3,(H,19,21). The Morgan fingerprint density at radius 3 is 2.33 bits per heavy atom. The molecule has 0 saturated carbocycles. The molecule has 24 heavy (non-hydrogen) atoms. The van der Waals surface area contributed by atoms with Crippen LogP contribution in [0.2, 0.25) is 0 Å². The van der Waals surface area contributed by atoms with E-state index in [1.807, 2.05) is 0 Å². The van der Waals surface area contributed by atoms with Crippen LogP contribution in [0.3, 0.4) is 0 Å². The second-order valence-electron chi connectivity index (χ2n) is 5.01. The minimum Gasteiger partial charge on any atom is -0.493 e. The maximum Gasteiger partial charge on any atom is 0.405 e. The van der Waals surface area contributed by atoms with Crippen LogP contribution in [0.1, 0.15) is 5.56 Å². The molecule has 0 aromatic heterocycles. The van der Waals surface area contributed by atoms with Gasteiger partial charge in [0.2, 0.25) is 11.8 Å². The van der Waals surface area contributed by atoms with E-state index in [1.54, 1.807) is 23.5 Å². The number of carbonyl (C=O) groups excluding carboxylic acids is 2. The Hall–Kier alpha value is -2.45. The van der Waals surface area contributed by atoms with Gasteiger partial charge in [-0.25, -0.2) is 0 Å². The first kappa shape index (κ1) is 19.6. The molecule has 0 unspecified atom stereocenters. The first-order chi connectivity index (χ1) is 11.2. The van der Waals surface area contributed by atoms with Crippen LogP contribution in [0.15, 0.2) is 18.2 Å². The van der Waals surface area contributed by atoms with E-state index in [4.69, 9.17) is 9.47 Å². The molecular formula is C15H19F3N2O4. The molecule has 1 aromatic rings. The molecule has 0 aliphatic rings. The lowest BCUT2D eigenvalue weighted by atomic mass is 10.1. The Bertz CT molecular complexity index is 591. The average molecular weight is 348 g/mol. The van der Waals surface area contributed by atoms with Gasteiger partial charge in [0.05, 0.1) is 27.2 Å². The molecule has 0 spiro atoms. The topological polar surface area (TPSA) is 67.9 Å². The predicted octanol–water partition coefficient (Wildman–Crippen LogP) is 1.38. The van der Waals surface area contributed by atoms with Gasteiger partial charge in [0.1, 0.15) is 6.54 Å². The van der Waals surface area contributed by atoms with Crippen molar-refractivity contribution in [3.8, 4) is 11.5 Å². The van der Waals surface area contributed by atoms with E-state index in [2.05, 4.69) is 0 Å². The summed E-state index contributed by atoms with van der Waals surface area (Å²) in [5, 5.41) is 1.71. The summed E-state index contributed by atoms with van der Waals surface area (Å²) in [7, 11) is 4.28. The maximum absolute atomic E-state index is 12.1. The quantitative estimate of drug-likeness (QED) is 0.808. The fourth-order valence-electron chi connectivity index (χ4n) is 1.86. The van der Waals surface area contributed by atoms with Gasteiger partial charge < -0.3 is 19.7 Å². The number of nitrogens with one attached hydrogen (secondary N) is 1. The van der Waals surface area contributed by atoms with E-state index < -0.39 is 31.1 Å². The number of ether oxygens (including phenoxy) is 2. The first-order valence-corrected chi connectivity index (χ1v) is 6.94. The number of amides is 2. The summed E-state index contributed by atoms with van der Waals surface area (Å²) in [4.78, 5) is 24.5. The SMILES string of the molecule is COc1ccc(CC(=O)N(C)CC(=O)NCC(F)(F)F)cc1OC. The van der Waals surface area contributed by atoms with Gasteiger partial charge in [0.15, 0.2) is 11.5 Å². The number of hydrogen-bond donors (Lipinski definition) is 1. The molecular weight excluding hydrogens is 329 g/mol. The van der Waals surface area contributed by atoms with Gasteiger partial charge in [0.25, 0.3) is 0 Å². The number of carbonyl (C=O) groups is 2. The van der Waals surface area contributed by atoms with Crippen molar-refractivity contribution in [3.63, 3.8) is 0 Å². The number of halogens is 3. The highest BCUT2D eigenvalue weighted by Gasteiger charge is 2.28. The number of methoxy groups -OCH3 is 2. The van der Waals surface area contributed by atoms with Crippen molar-refractivity contribution in [1.82, 2.24) is 10.2 Å². The average Bonchev–Trinajstić information content (AvgIpc) is 2.52. The Morgan fingerprint density at radius 2 is 1.79 bits per heavy atom. The van der Waals surface area contributed by atoms with Gasteiger partial charge in [-0.1, -0.05) is 6.07 Å². The van der Waals surface area contributed by atoms with E-state index in [-0.39, 0.29) is 6.42 Å². The normalized spacial score (nSPS) is 10.9. The van der Waals surface area contributed by atoms with Gasteiger partial charge in [0, 0.05) is 7.05 Å². The molecule has 2 amide bonds. The first-order valence-electron chi connectivity index (χ1n) is 6.94. The van der Waals surface area contributed by atoms with Crippen LogP contribution in [0.25, 0.3) is 0 Å². The molecule has 1 aromatic carbocycles. The summed E-state index contributed by atoms with van der Waals surface area (Å²) >= 11 is 0. The highest BCUT2D eigenvalue weighted by atomic mass is 19.4. The number of alkyl halides is 3. The van der Waals surface area contributed by atoms with E-state index in [1.165, 1.54) is 21.3 Å². The number of benzene rings is 1. The monoisotopic (exact) mass is 348 g/mol. The van der Waals surface area contributed by atoms with Gasteiger partial charge in [-0.05, 0) is 17.7 Å². The Labute approximate surface area is 137 Å². The zero-order valence-corrected chi connectivity index (χ0v) is 13.6. The summed E-state index contributed by atoms with van der Waals surface area (Å²) in [6, 6.07) is 4.92. The highest BCUT2D eigenvalue weighted by molar-refractivity contribution is 5.85. The Balaban J connectivity index is 2.59. The lowest BCUT2D eigenvalue weighted by Crippen LogP contribution is -2.42. The second kappa shape index (κ2) is 8.42. The molecule has 1 rings (SSSR count). The number of rotatable bonds is 7. The van der Waals surface area contributed by atoms with Crippen molar-refractivity contribution >= 4 is 11.8 Å². The fourth-order valence-corrected chi connectivity index (χ4v) is 1.86. The van der Waals surface area contributed by atoms with E-state index in [9.17, 15) is 22.8 Å². The van der Waals surface area contributed by atoms with Crippen LogP contribution in [0, 0.1) is 0 Å². The summed E-state index contributed by atoms with van der Waals surface area (Å²) in [6.45, 7) is -1.88. The Kier molecular flexibility index (Phi) is 6.87. The summed E-state index contributed by atoms with van der Waals surface area (Å²) in [5.41, 5.74) is 0.625. The van der Waals surface area contributed by atoms with Crippen LogP contribution in [0.5, 0.6) is 11.5 Å². The largest absolute Gasteiger partial charge is 0.493 e. The summed E-state index contributed by atoms with van der Waals surface area (Å²) in [5.74, 6) is -0.332. The maximum atomic E-state index is 12.1. The van der Waals surface area contributed by atoms with Crippen molar-refractivity contribution in [2.24, 2.45) is 0 Å². The fraction of sp³-hybridized carbons (Fsp3) is 0.467. The van der Waals surface area contributed by atoms with E-state index in [0.717, 1.165) is 4.90 Å². The molecule has 0 aliphatic carbocycles. The lowest BCUT2D eigenvalue weighted by Gasteiger charge is -2.18. The molecule has 9 heteroatoms. The molecule has 0 fully saturated rings. The van der Waals surface area contributed by atoms with Gasteiger partial charge >= 0.3 is 6.18 Å². The number of hydrogen-bond acceptors (Lipinski definition) is 4. The van der Waals surface area contributed by atoms with Crippen molar-refractivity contribution < 1.29 is 32.2 Å². The minimum atomic E-state index is -4.49. The summed E-state index contributed by atoms with van der Waals surface area (Å²) < 4.78 is 46.3. The molecule has 0 bridgehead atoms. The van der Waals surface area contributed by atoms with Crippen LogP contribution >= 0.6 is 0 Å². The molecule has 0 radical (unpaired) electrons. The third-order valence-corrected chi connectivity index (χ3v) is 3.10. The van der Waals surface area contributed by atoms with Gasteiger partial charge in [-0.2, -0.15) is 13.2 Å². The van der Waals surface area contributed by atoms with Crippen LogP contribution in [-0.2, 0) is 16.0 Å². The van der Waals surface area contributed by atoms with E-state index >= 15 is 0 Å². The molecule has 0 saturated heterocycles. The Morgan fingerprint density at radius 1 is 1.17 bits per heavy atom. The predicted molar refractivity (Wildman–Crippen MR) is 80.0 cm³/mol. The summed E-state index contributed by atoms with van der Waals surface area (Å²) in [6.07, 6.45) is -4.51. The molecule has 0 atom stereocenters. The molecule has 0 aliphatic heterocycles. The van der Waals surface area contributed by atoms with Gasteiger partial charge in [-0.15, -0.1) is 0 Å². The zero-order valence-electron chi connectivity index (χ0n) is 13.6. The third kappa shape index (κ3) is 6.35. The molecule has 134 valence electrons. The highest BCUT2D eigenvalue weighted by Crippen LogP contribution is 2.27. The number of likely N-dealkylation sites (N-methyl/N-ethyl adjacent to an activating group) is 1. The zero-order chi connectivity index (χ0) is 18.3. The van der Waals surface area contributed by atoms with Crippen molar-refractivity contribution in [3.05, 3.63) is 23.8 Å². The van der Waals surface area contributed by atoms with Crippen molar-refractivity contribution in [2.75, 3.05) is 34.4 Å². The van der Waals surface area contributed by atoms with Crippen LogP contribution in [0.4, 0.5) is 13.2 Å².